The first-order valence-electron chi connectivity index (χ1n) is 8.02. The number of benzene rings is 1. The maximum atomic E-state index is 12.7. The Morgan fingerprint density at radius 1 is 1.15 bits per heavy atom. The summed E-state index contributed by atoms with van der Waals surface area (Å²) >= 11 is 0. The van der Waals surface area contributed by atoms with Gasteiger partial charge in [-0.3, -0.25) is 4.79 Å². The van der Waals surface area contributed by atoms with Crippen LogP contribution in [0.4, 0.5) is 0 Å². The summed E-state index contributed by atoms with van der Waals surface area (Å²) in [5.74, 6) is -0.524. The summed E-state index contributed by atoms with van der Waals surface area (Å²) in [5, 5.41) is -0.112. The van der Waals surface area contributed by atoms with Gasteiger partial charge in [0.15, 0.2) is 5.03 Å². The largest absolute Gasteiger partial charge is 0.469 e. The molecule has 6 nitrogen and oxygen atoms in total. The van der Waals surface area contributed by atoms with Crippen molar-refractivity contribution in [2.75, 3.05) is 7.11 Å². The van der Waals surface area contributed by atoms with Crippen LogP contribution in [0.5, 0.6) is 0 Å². The van der Waals surface area contributed by atoms with E-state index in [1.54, 1.807) is 38.1 Å². The summed E-state index contributed by atoms with van der Waals surface area (Å²) in [5.41, 5.74) is -0.239. The summed E-state index contributed by atoms with van der Waals surface area (Å²) in [4.78, 5) is 16.1. The topological polar surface area (TPSA) is 85.4 Å². The quantitative estimate of drug-likeness (QED) is 0.753. The molecule has 1 aromatic heterocycles. The SMILES string of the molecule is COC(=O)C(C)(C)[C@@H](/C=C/c1ccccc1)NS(=O)(=O)c1ccccn1. The number of methoxy groups -OCH3 is 1. The van der Waals surface area contributed by atoms with E-state index in [1.165, 1.54) is 19.4 Å². The molecule has 1 aromatic carbocycles. The number of nitrogens with one attached hydrogen (secondary N) is 1. The van der Waals surface area contributed by atoms with Gasteiger partial charge >= 0.3 is 5.97 Å². The van der Waals surface area contributed by atoms with Crippen LogP contribution in [0.1, 0.15) is 19.4 Å². The second-order valence-corrected chi connectivity index (χ2v) is 7.91. The van der Waals surface area contributed by atoms with E-state index in [1.807, 2.05) is 30.3 Å². The molecule has 0 bridgehead atoms. The lowest BCUT2D eigenvalue weighted by Crippen LogP contribution is -2.48. The monoisotopic (exact) mass is 374 g/mol. The number of aromatic nitrogens is 1. The third-order valence-electron chi connectivity index (χ3n) is 3.96. The molecule has 7 heteroatoms. The zero-order chi connectivity index (χ0) is 19.2. The van der Waals surface area contributed by atoms with Gasteiger partial charge in [0.1, 0.15) is 0 Å². The van der Waals surface area contributed by atoms with Crippen molar-refractivity contribution < 1.29 is 17.9 Å². The molecule has 0 aliphatic heterocycles. The van der Waals surface area contributed by atoms with Gasteiger partial charge in [-0.25, -0.2) is 18.1 Å². The number of hydrogen-bond acceptors (Lipinski definition) is 5. The summed E-state index contributed by atoms with van der Waals surface area (Å²) < 4.78 is 32.7. The molecule has 0 saturated heterocycles. The lowest BCUT2D eigenvalue weighted by Gasteiger charge is -2.30. The fourth-order valence-corrected chi connectivity index (χ4v) is 3.61. The summed E-state index contributed by atoms with van der Waals surface area (Å²) in [6.45, 7) is 3.25. The minimum absolute atomic E-state index is 0.112. The van der Waals surface area contributed by atoms with Crippen LogP contribution < -0.4 is 4.72 Å². The lowest BCUT2D eigenvalue weighted by molar-refractivity contribution is -0.151. The maximum absolute atomic E-state index is 12.7. The van der Waals surface area contributed by atoms with Crippen LogP contribution in [0.15, 0.2) is 65.8 Å². The summed E-state index contributed by atoms with van der Waals surface area (Å²) in [6.07, 6.45) is 4.80. The molecular weight excluding hydrogens is 352 g/mol. The van der Waals surface area contributed by atoms with Gasteiger partial charge in [-0.05, 0) is 31.5 Å². The number of carbonyl (C=O) groups excluding carboxylic acids is 1. The molecule has 1 heterocycles. The fourth-order valence-electron chi connectivity index (χ4n) is 2.32. The molecular formula is C19H22N2O4S. The maximum Gasteiger partial charge on any atom is 0.313 e. The van der Waals surface area contributed by atoms with E-state index < -0.39 is 27.4 Å². The van der Waals surface area contributed by atoms with Crippen molar-refractivity contribution in [3.8, 4) is 0 Å². The van der Waals surface area contributed by atoms with Gasteiger partial charge in [-0.15, -0.1) is 0 Å². The molecule has 2 aromatic rings. The Morgan fingerprint density at radius 3 is 2.38 bits per heavy atom. The number of rotatable bonds is 7. The van der Waals surface area contributed by atoms with E-state index in [9.17, 15) is 13.2 Å². The third kappa shape index (κ3) is 4.77. The van der Waals surface area contributed by atoms with Crippen LogP contribution in [0.25, 0.3) is 6.08 Å². The highest BCUT2D eigenvalue weighted by molar-refractivity contribution is 7.89. The Balaban J connectivity index is 2.37. The number of carbonyl (C=O) groups is 1. The molecule has 0 radical (unpaired) electrons. The Bertz CT molecular complexity index is 863. The van der Waals surface area contributed by atoms with E-state index in [2.05, 4.69) is 9.71 Å². The number of sulfonamides is 1. The first-order valence-corrected chi connectivity index (χ1v) is 9.51. The van der Waals surface area contributed by atoms with Crippen molar-refractivity contribution in [1.29, 1.82) is 0 Å². The normalized spacial score (nSPS) is 13.5. The molecule has 26 heavy (non-hydrogen) atoms. The van der Waals surface area contributed by atoms with Crippen molar-refractivity contribution >= 4 is 22.1 Å². The second kappa shape index (κ2) is 8.25. The fraction of sp³-hybridized carbons (Fsp3) is 0.263. The smallest absolute Gasteiger partial charge is 0.313 e. The molecule has 0 spiro atoms. The van der Waals surface area contributed by atoms with Crippen molar-refractivity contribution in [3.63, 3.8) is 0 Å². The molecule has 2 rings (SSSR count). The summed E-state index contributed by atoms with van der Waals surface area (Å²) in [7, 11) is -2.64. The van der Waals surface area contributed by atoms with Crippen molar-refractivity contribution in [1.82, 2.24) is 9.71 Å². The lowest BCUT2D eigenvalue weighted by atomic mass is 9.84. The van der Waals surface area contributed by atoms with Crippen molar-refractivity contribution in [2.24, 2.45) is 5.41 Å². The molecule has 0 aliphatic carbocycles. The number of pyridine rings is 1. The molecule has 0 fully saturated rings. The molecule has 0 aliphatic rings. The van der Waals surface area contributed by atoms with E-state index in [-0.39, 0.29) is 5.03 Å². The highest BCUT2D eigenvalue weighted by Crippen LogP contribution is 2.26. The Labute approximate surface area is 154 Å². The zero-order valence-corrected chi connectivity index (χ0v) is 15.7. The predicted octanol–water partition coefficient (Wildman–Crippen LogP) is 2.64. The number of esters is 1. The number of nitrogens with zero attached hydrogens (tertiary/aromatic N) is 1. The minimum Gasteiger partial charge on any atom is -0.469 e. The van der Waals surface area contributed by atoms with Crippen LogP contribution in [-0.4, -0.2) is 32.5 Å². The first-order chi connectivity index (χ1) is 12.3. The van der Waals surface area contributed by atoms with Gasteiger partial charge in [-0.1, -0.05) is 48.6 Å². The van der Waals surface area contributed by atoms with Crippen LogP contribution in [0, 0.1) is 5.41 Å². The van der Waals surface area contributed by atoms with E-state index in [0.29, 0.717) is 0 Å². The van der Waals surface area contributed by atoms with Gasteiger partial charge in [0.2, 0.25) is 0 Å². The number of ether oxygens (including phenoxy) is 1. The second-order valence-electron chi connectivity index (χ2n) is 6.25. The molecule has 1 atom stereocenters. The van der Waals surface area contributed by atoms with Crippen LogP contribution in [0.3, 0.4) is 0 Å². The average Bonchev–Trinajstić information content (AvgIpc) is 2.65. The van der Waals surface area contributed by atoms with Gasteiger partial charge in [0, 0.05) is 6.20 Å². The average molecular weight is 374 g/mol. The standard InChI is InChI=1S/C19H22N2O4S/c1-19(2,18(22)25-3)16(13-12-15-9-5-4-6-10-15)21-26(23,24)17-11-7-8-14-20-17/h4-14,16,21H,1-3H3/b13-12+/t16-/m1/s1. The molecule has 138 valence electrons. The van der Waals surface area contributed by atoms with Gasteiger partial charge in [0.05, 0.1) is 18.6 Å². The van der Waals surface area contributed by atoms with E-state index in [0.717, 1.165) is 5.56 Å². The van der Waals surface area contributed by atoms with Crippen LogP contribution in [-0.2, 0) is 19.6 Å². The van der Waals surface area contributed by atoms with E-state index >= 15 is 0 Å². The number of hydrogen-bond donors (Lipinski definition) is 1. The predicted molar refractivity (Wildman–Crippen MR) is 99.6 cm³/mol. The van der Waals surface area contributed by atoms with E-state index in [4.69, 9.17) is 4.74 Å². The van der Waals surface area contributed by atoms with Crippen molar-refractivity contribution in [3.05, 3.63) is 66.4 Å². The Morgan fingerprint density at radius 2 is 1.81 bits per heavy atom. The molecule has 1 N–H and O–H groups in total. The van der Waals surface area contributed by atoms with Gasteiger partial charge in [0.25, 0.3) is 10.0 Å². The zero-order valence-electron chi connectivity index (χ0n) is 14.9. The van der Waals surface area contributed by atoms with Crippen molar-refractivity contribution in [2.45, 2.75) is 24.9 Å². The Kier molecular flexibility index (Phi) is 6.28. The summed E-state index contributed by atoms with van der Waals surface area (Å²) in [6, 6.07) is 13.2. The highest BCUT2D eigenvalue weighted by atomic mass is 32.2. The highest BCUT2D eigenvalue weighted by Gasteiger charge is 2.39. The third-order valence-corrected chi connectivity index (χ3v) is 5.32. The molecule has 0 unspecified atom stereocenters. The van der Waals surface area contributed by atoms with Crippen LogP contribution >= 0.6 is 0 Å². The Hall–Kier alpha value is -2.51. The minimum atomic E-state index is -3.91. The molecule has 0 amide bonds. The van der Waals surface area contributed by atoms with Gasteiger partial charge in [-0.2, -0.15) is 0 Å². The first kappa shape index (κ1) is 19.8. The van der Waals surface area contributed by atoms with Crippen LogP contribution in [0.2, 0.25) is 0 Å². The van der Waals surface area contributed by atoms with Gasteiger partial charge < -0.3 is 4.74 Å². The molecule has 0 saturated carbocycles.